The lowest BCUT2D eigenvalue weighted by atomic mass is 9.99. The monoisotopic (exact) mass is 391 g/mol. The molecule has 1 N–H and O–H groups in total. The molecular weight excluding hydrogens is 370 g/mol. The molecule has 0 unspecified atom stereocenters. The molecule has 2 aromatic carbocycles. The van der Waals surface area contributed by atoms with E-state index in [2.05, 4.69) is 23.3 Å². The molecule has 0 saturated heterocycles. The lowest BCUT2D eigenvalue weighted by Crippen LogP contribution is -2.36. The number of aromatic nitrogens is 1. The Bertz CT molecular complexity index is 1010. The Kier molecular flexibility index (Phi) is 5.21. The van der Waals surface area contributed by atoms with Gasteiger partial charge in [-0.1, -0.05) is 35.9 Å². The normalized spacial score (nSPS) is 13.1. The van der Waals surface area contributed by atoms with Crippen LogP contribution in [0.25, 0.3) is 0 Å². The minimum atomic E-state index is -0.201. The summed E-state index contributed by atoms with van der Waals surface area (Å²) in [7, 11) is 0. The molecule has 142 valence electrons. The molecule has 0 atom stereocenters. The van der Waals surface area contributed by atoms with E-state index in [0.717, 1.165) is 25.1 Å². The first-order chi connectivity index (χ1) is 13.6. The molecule has 0 aliphatic carbocycles. The van der Waals surface area contributed by atoms with E-state index in [1.807, 2.05) is 40.6 Å². The molecule has 2 heterocycles. The van der Waals surface area contributed by atoms with Crippen LogP contribution in [-0.2, 0) is 17.6 Å². The van der Waals surface area contributed by atoms with Gasteiger partial charge in [0.25, 0.3) is 5.91 Å². The molecule has 0 fully saturated rings. The average molecular weight is 391 g/mol. The van der Waals surface area contributed by atoms with Crippen molar-refractivity contribution >= 4 is 34.0 Å². The molecule has 0 radical (unpaired) electrons. The van der Waals surface area contributed by atoms with E-state index in [-0.39, 0.29) is 18.2 Å². The topological polar surface area (TPSA) is 62.3 Å². The zero-order chi connectivity index (χ0) is 19.5. The van der Waals surface area contributed by atoms with Gasteiger partial charge in [-0.05, 0) is 43.5 Å². The van der Waals surface area contributed by atoms with E-state index in [1.165, 1.54) is 22.5 Å². The van der Waals surface area contributed by atoms with Crippen molar-refractivity contribution in [3.05, 3.63) is 76.3 Å². The predicted octanol–water partition coefficient (Wildman–Crippen LogP) is 4.23. The van der Waals surface area contributed by atoms with Gasteiger partial charge in [0.2, 0.25) is 5.91 Å². The molecule has 4 rings (SSSR count). The van der Waals surface area contributed by atoms with Crippen LogP contribution in [0.1, 0.15) is 33.6 Å². The highest BCUT2D eigenvalue weighted by Gasteiger charge is 2.23. The fourth-order valence-electron chi connectivity index (χ4n) is 3.44. The largest absolute Gasteiger partial charge is 0.312 e. The molecule has 0 saturated carbocycles. The van der Waals surface area contributed by atoms with Gasteiger partial charge in [-0.15, -0.1) is 11.3 Å². The minimum absolute atomic E-state index is 0.0380. The lowest BCUT2D eigenvalue weighted by Gasteiger charge is -2.29. The second-order valence-corrected chi connectivity index (χ2v) is 7.78. The third-order valence-electron chi connectivity index (χ3n) is 4.80. The van der Waals surface area contributed by atoms with Crippen LogP contribution in [0.15, 0.2) is 53.9 Å². The highest BCUT2D eigenvalue weighted by molar-refractivity contribution is 7.14. The first kappa shape index (κ1) is 18.4. The van der Waals surface area contributed by atoms with Gasteiger partial charge in [0.05, 0.1) is 12.1 Å². The maximum atomic E-state index is 12.9. The van der Waals surface area contributed by atoms with Crippen LogP contribution in [0.2, 0.25) is 0 Å². The maximum absolute atomic E-state index is 12.9. The van der Waals surface area contributed by atoms with Crippen molar-refractivity contribution in [1.29, 1.82) is 0 Å². The number of nitrogens with zero attached hydrogens (tertiary/aromatic N) is 2. The Hall–Kier alpha value is -2.99. The quantitative estimate of drug-likeness (QED) is 0.724. The van der Waals surface area contributed by atoms with Gasteiger partial charge in [0.1, 0.15) is 0 Å². The number of anilines is 2. The van der Waals surface area contributed by atoms with Crippen LogP contribution in [0.4, 0.5) is 10.8 Å². The first-order valence-electron chi connectivity index (χ1n) is 9.31. The molecule has 3 aromatic rings. The number of amides is 2. The molecule has 2 amide bonds. The summed E-state index contributed by atoms with van der Waals surface area (Å²) in [6.45, 7) is 2.80. The third kappa shape index (κ3) is 3.97. The number of rotatable bonds is 4. The summed E-state index contributed by atoms with van der Waals surface area (Å²) in [5, 5.41) is 5.13. The number of aryl methyl sites for hydroxylation is 2. The number of hydrogen-bond acceptors (Lipinski definition) is 4. The Balaban J connectivity index is 1.43. The molecule has 6 heteroatoms. The summed E-state index contributed by atoms with van der Waals surface area (Å²) >= 11 is 1.33. The smallest absolute Gasteiger partial charge is 0.257 e. The molecule has 1 aromatic heterocycles. The van der Waals surface area contributed by atoms with E-state index in [0.29, 0.717) is 16.4 Å². The summed E-state index contributed by atoms with van der Waals surface area (Å²) in [4.78, 5) is 31.4. The van der Waals surface area contributed by atoms with Gasteiger partial charge in [-0.25, -0.2) is 4.98 Å². The number of nitrogens with one attached hydrogen (secondary N) is 1. The summed E-state index contributed by atoms with van der Waals surface area (Å²) < 4.78 is 0. The van der Waals surface area contributed by atoms with Crippen LogP contribution < -0.4 is 10.2 Å². The summed E-state index contributed by atoms with van der Waals surface area (Å²) in [6, 6.07) is 15.3. The molecule has 5 nitrogen and oxygen atoms in total. The lowest BCUT2D eigenvalue weighted by molar-refractivity contribution is -0.118. The zero-order valence-corrected chi connectivity index (χ0v) is 16.5. The Morgan fingerprint density at radius 2 is 2.00 bits per heavy atom. The predicted molar refractivity (Wildman–Crippen MR) is 112 cm³/mol. The maximum Gasteiger partial charge on any atom is 0.257 e. The van der Waals surface area contributed by atoms with Crippen molar-refractivity contribution in [2.24, 2.45) is 0 Å². The van der Waals surface area contributed by atoms with E-state index in [4.69, 9.17) is 0 Å². The molecule has 0 bridgehead atoms. The number of hydrogen-bond donors (Lipinski definition) is 1. The van der Waals surface area contributed by atoms with E-state index >= 15 is 0 Å². The number of fused-ring (bicyclic) bond motifs is 1. The van der Waals surface area contributed by atoms with Crippen LogP contribution in [0.5, 0.6) is 0 Å². The number of carbonyl (C=O) groups is 2. The average Bonchev–Trinajstić information content (AvgIpc) is 3.14. The third-order valence-corrected chi connectivity index (χ3v) is 5.60. The number of carbonyl (C=O) groups excluding carboxylic acids is 2. The molecule has 28 heavy (non-hydrogen) atoms. The van der Waals surface area contributed by atoms with Crippen LogP contribution in [0, 0.1) is 6.92 Å². The Morgan fingerprint density at radius 1 is 1.18 bits per heavy atom. The molecule has 1 aliphatic heterocycles. The van der Waals surface area contributed by atoms with Crippen molar-refractivity contribution < 1.29 is 9.59 Å². The van der Waals surface area contributed by atoms with Crippen molar-refractivity contribution in [1.82, 2.24) is 4.98 Å². The first-order valence-corrected chi connectivity index (χ1v) is 10.2. The van der Waals surface area contributed by atoms with E-state index in [1.54, 1.807) is 12.1 Å². The van der Waals surface area contributed by atoms with Crippen molar-refractivity contribution in [3.63, 3.8) is 0 Å². The van der Waals surface area contributed by atoms with Crippen molar-refractivity contribution in [2.75, 3.05) is 16.8 Å². The van der Waals surface area contributed by atoms with Gasteiger partial charge in [-0.2, -0.15) is 0 Å². The van der Waals surface area contributed by atoms with Gasteiger partial charge >= 0.3 is 0 Å². The summed E-state index contributed by atoms with van der Waals surface area (Å²) in [5.41, 5.74) is 4.71. The van der Waals surface area contributed by atoms with Gasteiger partial charge < -0.3 is 4.90 Å². The summed E-state index contributed by atoms with van der Waals surface area (Å²) in [5.74, 6) is -0.163. The molecular formula is C22H21N3O2S. The second-order valence-electron chi connectivity index (χ2n) is 6.92. The Morgan fingerprint density at radius 3 is 2.82 bits per heavy atom. The van der Waals surface area contributed by atoms with Crippen molar-refractivity contribution in [2.45, 2.75) is 26.2 Å². The van der Waals surface area contributed by atoms with Gasteiger partial charge in [-0.3, -0.25) is 14.9 Å². The summed E-state index contributed by atoms with van der Waals surface area (Å²) in [6.07, 6.45) is 2.20. The standard InChI is InChI=1S/C22H21N3O2S/c1-15-9-10-19-17(12-15)8-5-11-25(19)20(26)13-18-14-28-22(23-18)24-21(27)16-6-3-2-4-7-16/h2-4,6-7,9-10,12,14H,5,8,11,13H2,1H3,(H,23,24,27). The SMILES string of the molecule is Cc1ccc2c(c1)CCCN2C(=O)Cc1csc(NC(=O)c2ccccc2)n1. The minimum Gasteiger partial charge on any atom is -0.312 e. The van der Waals surface area contributed by atoms with Crippen molar-refractivity contribution in [3.8, 4) is 0 Å². The Labute approximate surface area is 168 Å². The fourth-order valence-corrected chi connectivity index (χ4v) is 4.15. The molecule has 1 aliphatic rings. The second kappa shape index (κ2) is 7.94. The molecule has 0 spiro atoms. The van der Waals surface area contributed by atoms with Crippen LogP contribution in [-0.4, -0.2) is 23.3 Å². The fraction of sp³-hybridized carbons (Fsp3) is 0.227. The zero-order valence-electron chi connectivity index (χ0n) is 15.6. The van der Waals surface area contributed by atoms with E-state index in [9.17, 15) is 9.59 Å². The number of thiazole rings is 1. The van der Waals surface area contributed by atoms with Gasteiger partial charge in [0, 0.05) is 23.2 Å². The number of benzene rings is 2. The van der Waals surface area contributed by atoms with Gasteiger partial charge in [0.15, 0.2) is 5.13 Å². The van der Waals surface area contributed by atoms with E-state index < -0.39 is 0 Å². The highest BCUT2D eigenvalue weighted by Crippen LogP contribution is 2.29. The highest BCUT2D eigenvalue weighted by atomic mass is 32.1. The van der Waals surface area contributed by atoms with Crippen LogP contribution in [0.3, 0.4) is 0 Å². The van der Waals surface area contributed by atoms with Crippen LogP contribution >= 0.6 is 11.3 Å².